The Hall–Kier alpha value is -3.46. The monoisotopic (exact) mass is 498 g/mol. The van der Waals surface area contributed by atoms with E-state index in [1.165, 1.54) is 17.7 Å². The van der Waals surface area contributed by atoms with Crippen molar-refractivity contribution in [1.29, 1.82) is 0 Å². The van der Waals surface area contributed by atoms with Crippen LogP contribution in [0.1, 0.15) is 53.0 Å². The van der Waals surface area contributed by atoms with Crippen molar-refractivity contribution in [3.8, 4) is 0 Å². The highest BCUT2D eigenvalue weighted by atomic mass is 19.4. The van der Waals surface area contributed by atoms with E-state index in [0.29, 0.717) is 11.6 Å². The predicted molar refractivity (Wildman–Crippen MR) is 127 cm³/mol. The Bertz CT molecular complexity index is 1290. The lowest BCUT2D eigenvalue weighted by atomic mass is 9.59. The van der Waals surface area contributed by atoms with Gasteiger partial charge in [-0.15, -0.1) is 13.2 Å². The van der Waals surface area contributed by atoms with Gasteiger partial charge >= 0.3 is 6.30 Å². The second kappa shape index (κ2) is 8.89. The third-order valence-corrected chi connectivity index (χ3v) is 7.00. The van der Waals surface area contributed by atoms with E-state index in [2.05, 4.69) is 22.4 Å². The number of halogens is 4. The molecule has 188 valence electrons. The summed E-state index contributed by atoms with van der Waals surface area (Å²) in [5.74, 6) is -0.970. The summed E-state index contributed by atoms with van der Waals surface area (Å²) in [6, 6.07) is 14.8. The second-order valence-corrected chi connectivity index (χ2v) is 9.94. The summed E-state index contributed by atoms with van der Waals surface area (Å²) in [6.07, 6.45) is -1.93. The molecule has 0 radical (unpaired) electrons. The number of alkyl halides is 3. The van der Waals surface area contributed by atoms with Crippen molar-refractivity contribution in [3.05, 3.63) is 94.6 Å². The van der Waals surface area contributed by atoms with Crippen LogP contribution in [0.4, 0.5) is 17.6 Å². The molecule has 5 rings (SSSR count). The molecule has 2 aliphatic rings. The molecule has 2 heterocycles. The number of hydrogen-bond donors (Lipinski definition) is 1. The van der Waals surface area contributed by atoms with E-state index in [0.717, 1.165) is 54.3 Å². The number of likely N-dealkylation sites (tertiary alicyclic amines) is 1. The van der Waals surface area contributed by atoms with Gasteiger partial charge in [0.25, 0.3) is 5.91 Å². The van der Waals surface area contributed by atoms with E-state index in [4.69, 9.17) is 0 Å². The third-order valence-electron chi connectivity index (χ3n) is 7.00. The van der Waals surface area contributed by atoms with Crippen molar-refractivity contribution in [2.24, 2.45) is 5.41 Å². The van der Waals surface area contributed by atoms with Crippen LogP contribution < -0.4 is 5.32 Å². The first-order valence-corrected chi connectivity index (χ1v) is 11.7. The minimum Gasteiger partial charge on any atom is -0.344 e. The summed E-state index contributed by atoms with van der Waals surface area (Å²) in [5.41, 5.74) is 5.28. The number of carbonyl (C=O) groups excluding carboxylic acids is 1. The smallest absolute Gasteiger partial charge is 0.344 e. The molecule has 0 unspecified atom stereocenters. The standard InChI is InChI=1S/C27H26F4N4O/c1-17(32-25(36)23-11-12-35(33-23)27(29,30)31)18-3-5-19(6-4-18)24(20-7-9-22(28)10-8-20)21-13-26(14-21)15-34(2)16-26/h3-12,17H,13-16H2,1-2H3,(H,32,36)/t17-/m1/s1. The number of carbonyl (C=O) groups is 1. The maximum atomic E-state index is 13.6. The van der Waals surface area contributed by atoms with Crippen LogP contribution in [0.2, 0.25) is 0 Å². The van der Waals surface area contributed by atoms with Gasteiger partial charge < -0.3 is 10.2 Å². The fraction of sp³-hybridized carbons (Fsp3) is 0.333. The van der Waals surface area contributed by atoms with Crippen LogP contribution in [0, 0.1) is 11.2 Å². The van der Waals surface area contributed by atoms with Crippen molar-refractivity contribution >= 4 is 11.5 Å². The lowest BCUT2D eigenvalue weighted by molar-refractivity contribution is -0.212. The van der Waals surface area contributed by atoms with Crippen LogP contribution in [0.5, 0.6) is 0 Å². The highest BCUT2D eigenvalue weighted by Gasteiger charge is 2.49. The Morgan fingerprint density at radius 1 is 1.00 bits per heavy atom. The maximum Gasteiger partial charge on any atom is 0.504 e. The molecule has 1 amide bonds. The number of nitrogens with one attached hydrogen (secondary N) is 1. The molecule has 1 aliphatic carbocycles. The molecule has 0 bridgehead atoms. The number of aromatic nitrogens is 2. The Labute approximate surface area is 206 Å². The van der Waals surface area contributed by atoms with Gasteiger partial charge in [-0.3, -0.25) is 4.79 Å². The summed E-state index contributed by atoms with van der Waals surface area (Å²) in [5, 5.41) is 6.01. The minimum atomic E-state index is -4.68. The van der Waals surface area contributed by atoms with Gasteiger partial charge in [-0.25, -0.2) is 4.39 Å². The van der Waals surface area contributed by atoms with E-state index < -0.39 is 18.2 Å². The van der Waals surface area contributed by atoms with Crippen LogP contribution in [-0.4, -0.2) is 40.7 Å². The van der Waals surface area contributed by atoms with Crippen LogP contribution >= 0.6 is 0 Å². The summed E-state index contributed by atoms with van der Waals surface area (Å²) in [6.45, 7) is 3.94. The fourth-order valence-corrected chi connectivity index (χ4v) is 5.42. The number of allylic oxidation sites excluding steroid dienone is 1. The number of amides is 1. The van der Waals surface area contributed by atoms with Crippen LogP contribution in [-0.2, 0) is 6.30 Å². The zero-order valence-electron chi connectivity index (χ0n) is 19.9. The molecule has 36 heavy (non-hydrogen) atoms. The van der Waals surface area contributed by atoms with E-state index >= 15 is 0 Å². The molecule has 2 aromatic carbocycles. The molecular formula is C27H26F4N4O. The van der Waals surface area contributed by atoms with Gasteiger partial charge in [0.1, 0.15) is 11.5 Å². The van der Waals surface area contributed by atoms with Crippen molar-refractivity contribution in [1.82, 2.24) is 20.0 Å². The van der Waals surface area contributed by atoms with Gasteiger partial charge in [0.15, 0.2) is 0 Å². The Balaban J connectivity index is 1.34. The molecule has 1 saturated heterocycles. The number of hydrogen-bond acceptors (Lipinski definition) is 3. The molecular weight excluding hydrogens is 472 g/mol. The first-order valence-electron chi connectivity index (χ1n) is 11.7. The number of nitrogens with zero attached hydrogens (tertiary/aromatic N) is 3. The van der Waals surface area contributed by atoms with E-state index in [1.807, 2.05) is 24.3 Å². The predicted octanol–water partition coefficient (Wildman–Crippen LogP) is 5.52. The zero-order chi connectivity index (χ0) is 25.7. The van der Waals surface area contributed by atoms with Crippen LogP contribution in [0.25, 0.3) is 5.57 Å². The van der Waals surface area contributed by atoms with Crippen molar-refractivity contribution < 1.29 is 22.4 Å². The van der Waals surface area contributed by atoms with Gasteiger partial charge in [0.05, 0.1) is 6.04 Å². The molecule has 1 aliphatic heterocycles. The zero-order valence-corrected chi connectivity index (χ0v) is 19.9. The summed E-state index contributed by atoms with van der Waals surface area (Å²) in [7, 11) is 2.12. The summed E-state index contributed by atoms with van der Waals surface area (Å²) < 4.78 is 51.6. The largest absolute Gasteiger partial charge is 0.504 e. The SMILES string of the molecule is C[C@@H](NC(=O)c1ccn(C(F)(F)F)n1)c1ccc(C(=C2CC3(C2)CN(C)C3)c2ccc(F)cc2)cc1. The van der Waals surface area contributed by atoms with Gasteiger partial charge in [-0.1, -0.05) is 42.0 Å². The quantitative estimate of drug-likeness (QED) is 0.472. The normalized spacial score (nSPS) is 17.9. The molecule has 9 heteroatoms. The highest BCUT2D eigenvalue weighted by Crippen LogP contribution is 2.54. The van der Waals surface area contributed by atoms with E-state index in [9.17, 15) is 22.4 Å². The molecule has 3 aromatic rings. The van der Waals surface area contributed by atoms with Crippen molar-refractivity contribution in [3.63, 3.8) is 0 Å². The molecule has 1 aromatic heterocycles. The minimum absolute atomic E-state index is 0.196. The Morgan fingerprint density at radius 2 is 1.58 bits per heavy atom. The average molecular weight is 499 g/mol. The van der Waals surface area contributed by atoms with Crippen LogP contribution in [0.15, 0.2) is 66.4 Å². The number of benzene rings is 2. The molecule has 1 spiro atoms. The Morgan fingerprint density at radius 3 is 2.11 bits per heavy atom. The lowest BCUT2D eigenvalue weighted by Crippen LogP contribution is -2.58. The van der Waals surface area contributed by atoms with Crippen molar-refractivity contribution in [2.45, 2.75) is 32.1 Å². The Kier molecular flexibility index (Phi) is 5.98. The van der Waals surface area contributed by atoms with Crippen molar-refractivity contribution in [2.75, 3.05) is 20.1 Å². The maximum absolute atomic E-state index is 13.6. The molecule has 1 N–H and O–H groups in total. The molecule has 5 nitrogen and oxygen atoms in total. The lowest BCUT2D eigenvalue weighted by Gasteiger charge is -2.56. The molecule has 1 saturated carbocycles. The second-order valence-electron chi connectivity index (χ2n) is 9.94. The summed E-state index contributed by atoms with van der Waals surface area (Å²) in [4.78, 5) is 14.7. The third kappa shape index (κ3) is 4.67. The van der Waals surface area contributed by atoms with Gasteiger partial charge in [0, 0.05) is 24.7 Å². The van der Waals surface area contributed by atoms with Gasteiger partial charge in [-0.2, -0.15) is 9.78 Å². The molecule has 1 atom stereocenters. The first-order chi connectivity index (χ1) is 17.0. The van der Waals surface area contributed by atoms with E-state index in [-0.39, 0.29) is 16.2 Å². The molecule has 2 fully saturated rings. The number of rotatable bonds is 5. The fourth-order valence-electron chi connectivity index (χ4n) is 5.42. The van der Waals surface area contributed by atoms with E-state index in [1.54, 1.807) is 19.1 Å². The van der Waals surface area contributed by atoms with Gasteiger partial charge in [-0.05, 0) is 67.3 Å². The average Bonchev–Trinajstić information content (AvgIpc) is 3.29. The van der Waals surface area contributed by atoms with Crippen LogP contribution in [0.3, 0.4) is 0 Å². The topological polar surface area (TPSA) is 50.2 Å². The highest BCUT2D eigenvalue weighted by molar-refractivity contribution is 5.92. The summed E-state index contributed by atoms with van der Waals surface area (Å²) >= 11 is 0. The first kappa shape index (κ1) is 24.2. The van der Waals surface area contributed by atoms with Gasteiger partial charge in [0.2, 0.25) is 0 Å².